The van der Waals surface area contributed by atoms with Gasteiger partial charge >= 0.3 is 0 Å². The van der Waals surface area contributed by atoms with E-state index >= 15 is 0 Å². The highest BCUT2D eigenvalue weighted by Crippen LogP contribution is 2.21. The second kappa shape index (κ2) is 6.16. The lowest BCUT2D eigenvalue weighted by Gasteiger charge is -2.07. The summed E-state index contributed by atoms with van der Waals surface area (Å²) in [4.78, 5) is 16.1. The van der Waals surface area contributed by atoms with E-state index in [1.54, 1.807) is 30.5 Å². The number of nitrogens with zero attached hydrogens (tertiary/aromatic N) is 1. The summed E-state index contributed by atoms with van der Waals surface area (Å²) in [5.74, 6) is 0.253. The van der Waals surface area contributed by atoms with Crippen molar-refractivity contribution in [3.8, 4) is 5.88 Å². The first-order valence-electron chi connectivity index (χ1n) is 5.36. The molecule has 1 aromatic heterocycles. The zero-order valence-electron chi connectivity index (χ0n) is 9.98. The third-order valence-electron chi connectivity index (χ3n) is 2.33. The van der Waals surface area contributed by atoms with Gasteiger partial charge in [0.1, 0.15) is 0 Å². The SMILES string of the molecule is COc1cc(NC(=O)c2cc(Br)cc(Br)c2)ccn1. The minimum atomic E-state index is -0.199. The Hall–Kier alpha value is -1.40. The van der Waals surface area contributed by atoms with E-state index in [0.29, 0.717) is 17.1 Å². The van der Waals surface area contributed by atoms with Crippen LogP contribution in [0.1, 0.15) is 10.4 Å². The number of pyridine rings is 1. The highest BCUT2D eigenvalue weighted by atomic mass is 79.9. The number of amides is 1. The molecule has 0 atom stereocenters. The van der Waals surface area contributed by atoms with Crippen molar-refractivity contribution >= 4 is 43.5 Å². The van der Waals surface area contributed by atoms with Crippen molar-refractivity contribution in [3.05, 3.63) is 51.0 Å². The molecule has 19 heavy (non-hydrogen) atoms. The Kier molecular flexibility index (Phi) is 4.55. The molecule has 4 nitrogen and oxygen atoms in total. The van der Waals surface area contributed by atoms with Crippen molar-refractivity contribution in [1.82, 2.24) is 4.98 Å². The number of halogens is 2. The molecule has 0 aliphatic heterocycles. The van der Waals surface area contributed by atoms with Gasteiger partial charge in [0, 0.05) is 32.5 Å². The first kappa shape index (κ1) is 14.0. The van der Waals surface area contributed by atoms with Crippen LogP contribution < -0.4 is 10.1 Å². The van der Waals surface area contributed by atoms with E-state index < -0.39 is 0 Å². The maximum atomic E-state index is 12.1. The minimum absolute atomic E-state index is 0.199. The molecule has 0 saturated heterocycles. The van der Waals surface area contributed by atoms with Crippen molar-refractivity contribution < 1.29 is 9.53 Å². The van der Waals surface area contributed by atoms with Crippen LogP contribution in [0.25, 0.3) is 0 Å². The Morgan fingerprint density at radius 2 is 1.89 bits per heavy atom. The van der Waals surface area contributed by atoms with Gasteiger partial charge in [-0.1, -0.05) is 31.9 Å². The standard InChI is InChI=1S/C13H10Br2N2O2/c1-19-12-7-11(2-3-16-12)17-13(18)8-4-9(14)6-10(15)5-8/h2-7H,1H3,(H,16,17,18). The molecular formula is C13H10Br2N2O2. The summed E-state index contributed by atoms with van der Waals surface area (Å²) in [5, 5.41) is 2.79. The summed E-state index contributed by atoms with van der Waals surface area (Å²) in [6.45, 7) is 0. The summed E-state index contributed by atoms with van der Waals surface area (Å²) in [6.07, 6.45) is 1.57. The molecule has 0 aliphatic rings. The molecule has 0 aliphatic carbocycles. The molecule has 0 bridgehead atoms. The number of carbonyl (C=O) groups is 1. The first-order chi connectivity index (χ1) is 9.08. The Labute approximate surface area is 127 Å². The van der Waals surface area contributed by atoms with Gasteiger partial charge in [0.05, 0.1) is 7.11 Å². The fraction of sp³-hybridized carbons (Fsp3) is 0.0769. The predicted molar refractivity (Wildman–Crippen MR) is 80.6 cm³/mol. The number of hydrogen-bond acceptors (Lipinski definition) is 3. The van der Waals surface area contributed by atoms with Crippen LogP contribution in [-0.2, 0) is 0 Å². The smallest absolute Gasteiger partial charge is 0.255 e. The molecule has 2 aromatic rings. The third kappa shape index (κ3) is 3.78. The topological polar surface area (TPSA) is 51.2 Å². The fourth-order valence-electron chi connectivity index (χ4n) is 1.49. The van der Waals surface area contributed by atoms with Gasteiger partial charge in [0.25, 0.3) is 5.91 Å². The van der Waals surface area contributed by atoms with Crippen molar-refractivity contribution in [2.75, 3.05) is 12.4 Å². The normalized spacial score (nSPS) is 10.1. The molecule has 0 unspecified atom stereocenters. The number of rotatable bonds is 3. The highest BCUT2D eigenvalue weighted by Gasteiger charge is 2.08. The lowest BCUT2D eigenvalue weighted by molar-refractivity contribution is 0.102. The van der Waals surface area contributed by atoms with Gasteiger partial charge in [0.15, 0.2) is 0 Å². The second-order valence-electron chi connectivity index (χ2n) is 3.70. The molecule has 0 saturated carbocycles. The van der Waals surface area contributed by atoms with E-state index in [4.69, 9.17) is 4.74 Å². The number of nitrogens with one attached hydrogen (secondary N) is 1. The maximum Gasteiger partial charge on any atom is 0.255 e. The number of benzene rings is 1. The van der Waals surface area contributed by atoms with Crippen molar-refractivity contribution in [1.29, 1.82) is 0 Å². The number of carbonyl (C=O) groups excluding carboxylic acids is 1. The van der Waals surface area contributed by atoms with E-state index in [2.05, 4.69) is 42.2 Å². The average molecular weight is 386 g/mol. The van der Waals surface area contributed by atoms with Gasteiger partial charge in [-0.2, -0.15) is 0 Å². The van der Waals surface area contributed by atoms with Crippen molar-refractivity contribution in [2.45, 2.75) is 0 Å². The van der Waals surface area contributed by atoms with Gasteiger partial charge in [0.2, 0.25) is 5.88 Å². The fourth-order valence-corrected chi connectivity index (χ4v) is 2.78. The van der Waals surface area contributed by atoms with Crippen molar-refractivity contribution in [3.63, 3.8) is 0 Å². The van der Waals surface area contributed by atoms with Gasteiger partial charge in [-0.3, -0.25) is 4.79 Å². The molecule has 0 radical (unpaired) electrons. The van der Waals surface area contributed by atoms with Crippen LogP contribution in [0.15, 0.2) is 45.5 Å². The number of anilines is 1. The average Bonchev–Trinajstić information content (AvgIpc) is 2.37. The zero-order chi connectivity index (χ0) is 13.8. The summed E-state index contributed by atoms with van der Waals surface area (Å²) in [6, 6.07) is 8.72. The van der Waals surface area contributed by atoms with E-state index in [1.807, 2.05) is 6.07 Å². The first-order valence-corrected chi connectivity index (χ1v) is 6.94. The highest BCUT2D eigenvalue weighted by molar-refractivity contribution is 9.11. The number of methoxy groups -OCH3 is 1. The Morgan fingerprint density at radius 3 is 2.53 bits per heavy atom. The van der Waals surface area contributed by atoms with E-state index in [1.165, 1.54) is 7.11 Å². The molecule has 1 N–H and O–H groups in total. The Balaban J connectivity index is 2.20. The molecule has 98 valence electrons. The van der Waals surface area contributed by atoms with Gasteiger partial charge in [-0.05, 0) is 24.3 Å². The lowest BCUT2D eigenvalue weighted by Crippen LogP contribution is -2.12. The quantitative estimate of drug-likeness (QED) is 0.872. The Morgan fingerprint density at radius 1 is 1.21 bits per heavy atom. The van der Waals surface area contributed by atoms with Crippen molar-refractivity contribution in [2.24, 2.45) is 0 Å². The van der Waals surface area contributed by atoms with Crippen LogP contribution in [-0.4, -0.2) is 18.0 Å². The summed E-state index contributed by atoms with van der Waals surface area (Å²) >= 11 is 6.70. The third-order valence-corrected chi connectivity index (χ3v) is 3.24. The summed E-state index contributed by atoms with van der Waals surface area (Å²) < 4.78 is 6.67. The van der Waals surface area contributed by atoms with Crippen LogP contribution in [0.5, 0.6) is 5.88 Å². The van der Waals surface area contributed by atoms with Gasteiger partial charge in [-0.15, -0.1) is 0 Å². The monoisotopic (exact) mass is 384 g/mol. The lowest BCUT2D eigenvalue weighted by atomic mass is 10.2. The van der Waals surface area contributed by atoms with Crippen LogP contribution in [0.4, 0.5) is 5.69 Å². The second-order valence-corrected chi connectivity index (χ2v) is 5.53. The largest absolute Gasteiger partial charge is 0.481 e. The van der Waals surface area contributed by atoms with Crippen LogP contribution in [0.3, 0.4) is 0 Å². The number of hydrogen-bond donors (Lipinski definition) is 1. The van der Waals surface area contributed by atoms with Gasteiger partial charge in [-0.25, -0.2) is 4.98 Å². The molecule has 0 fully saturated rings. The molecule has 6 heteroatoms. The zero-order valence-corrected chi connectivity index (χ0v) is 13.2. The number of ether oxygens (including phenoxy) is 1. The van der Waals surface area contributed by atoms with Crippen LogP contribution in [0, 0.1) is 0 Å². The van der Waals surface area contributed by atoms with Crippen LogP contribution >= 0.6 is 31.9 Å². The molecule has 2 rings (SSSR count). The molecule has 1 amide bonds. The van der Waals surface area contributed by atoms with Crippen LogP contribution in [0.2, 0.25) is 0 Å². The molecule has 1 aromatic carbocycles. The van der Waals surface area contributed by atoms with Gasteiger partial charge < -0.3 is 10.1 Å². The van der Waals surface area contributed by atoms with E-state index in [9.17, 15) is 4.79 Å². The molecular weight excluding hydrogens is 376 g/mol. The minimum Gasteiger partial charge on any atom is -0.481 e. The van der Waals surface area contributed by atoms with E-state index in [0.717, 1.165) is 8.95 Å². The predicted octanol–water partition coefficient (Wildman–Crippen LogP) is 3.87. The van der Waals surface area contributed by atoms with E-state index in [-0.39, 0.29) is 5.91 Å². The number of aromatic nitrogens is 1. The molecule has 0 spiro atoms. The maximum absolute atomic E-state index is 12.1. The molecule has 1 heterocycles. The summed E-state index contributed by atoms with van der Waals surface area (Å²) in [7, 11) is 1.53. The Bertz CT molecular complexity index is 597. The summed E-state index contributed by atoms with van der Waals surface area (Å²) in [5.41, 5.74) is 1.19.